The quantitative estimate of drug-likeness (QED) is 0.632. The van der Waals surface area contributed by atoms with Gasteiger partial charge in [0.15, 0.2) is 0 Å². The van der Waals surface area contributed by atoms with Gasteiger partial charge >= 0.3 is 0 Å². The van der Waals surface area contributed by atoms with Gasteiger partial charge in [-0.25, -0.2) is 19.6 Å². The normalized spacial score (nSPS) is 29.3. The molecule has 4 nitrogen and oxygen atoms in total. The zero-order chi connectivity index (χ0) is 11.7. The Morgan fingerprint density at radius 2 is 2.06 bits per heavy atom. The van der Waals surface area contributed by atoms with E-state index in [2.05, 4.69) is 10.9 Å². The summed E-state index contributed by atoms with van der Waals surface area (Å²) in [6.07, 6.45) is 0.0253. The van der Waals surface area contributed by atoms with Crippen LogP contribution in [0.25, 0.3) is 0 Å². The van der Waals surface area contributed by atoms with E-state index in [9.17, 15) is 13.6 Å². The molecule has 6 heteroatoms. The first-order valence-corrected chi connectivity index (χ1v) is 4.80. The molecular weight excluding hydrogens is 216 g/mol. The van der Waals surface area contributed by atoms with Gasteiger partial charge in [0.05, 0.1) is 18.1 Å². The highest BCUT2D eigenvalue weighted by molar-refractivity contribution is 5.57. The summed E-state index contributed by atoms with van der Waals surface area (Å²) in [5.74, 6) is -1.75. The highest BCUT2D eigenvalue weighted by Crippen LogP contribution is 2.27. The highest BCUT2D eigenvalue weighted by atomic mass is 19.1. The molecule has 3 unspecified atom stereocenters. The average Bonchev–Trinajstić information content (AvgIpc) is 2.63. The van der Waals surface area contributed by atoms with Crippen LogP contribution in [0.5, 0.6) is 0 Å². The Morgan fingerprint density at radius 3 is 2.75 bits per heavy atom. The van der Waals surface area contributed by atoms with Gasteiger partial charge < -0.3 is 10.5 Å². The maximum Gasteiger partial charge on any atom is 0.128 e. The van der Waals surface area contributed by atoms with E-state index < -0.39 is 29.8 Å². The van der Waals surface area contributed by atoms with Gasteiger partial charge in [-0.2, -0.15) is 0 Å². The van der Waals surface area contributed by atoms with Gasteiger partial charge in [-0.1, -0.05) is 0 Å². The van der Waals surface area contributed by atoms with Gasteiger partial charge in [0.25, 0.3) is 0 Å². The Bertz CT molecular complexity index is 413. The molecule has 2 rings (SSSR count). The van der Waals surface area contributed by atoms with Gasteiger partial charge in [-0.05, 0) is 18.2 Å². The third-order valence-electron chi connectivity index (χ3n) is 2.66. The van der Waals surface area contributed by atoms with Crippen LogP contribution in [-0.2, 0) is 4.79 Å². The number of halogens is 2. The molecular formula is C10H11F2N3O. The summed E-state index contributed by atoms with van der Waals surface area (Å²) in [5.41, 5.74) is 11.0. The number of nitrogens with one attached hydrogen (secondary N) is 2. The zero-order valence-electron chi connectivity index (χ0n) is 8.28. The number of carbonyl (C=O) groups is 1. The highest BCUT2D eigenvalue weighted by Gasteiger charge is 2.35. The molecule has 1 aromatic rings. The summed E-state index contributed by atoms with van der Waals surface area (Å²) in [7, 11) is 0. The van der Waals surface area contributed by atoms with Crippen LogP contribution in [0.3, 0.4) is 0 Å². The van der Waals surface area contributed by atoms with E-state index in [1.807, 2.05) is 0 Å². The number of hydrogen-bond donors (Lipinski definition) is 3. The fraction of sp³-hybridized carbons (Fsp3) is 0.300. The molecule has 1 aliphatic rings. The molecule has 1 saturated heterocycles. The van der Waals surface area contributed by atoms with E-state index in [-0.39, 0.29) is 5.56 Å². The molecule has 1 fully saturated rings. The molecule has 4 N–H and O–H groups in total. The molecule has 86 valence electrons. The average molecular weight is 227 g/mol. The second kappa shape index (κ2) is 4.25. The van der Waals surface area contributed by atoms with Crippen molar-refractivity contribution in [3.05, 3.63) is 35.4 Å². The summed E-state index contributed by atoms with van der Waals surface area (Å²) in [4.78, 5) is 10.8. The Hall–Kier alpha value is -1.37. The van der Waals surface area contributed by atoms with Crippen LogP contribution in [0.15, 0.2) is 18.2 Å². The van der Waals surface area contributed by atoms with Crippen LogP contribution >= 0.6 is 0 Å². The second-order valence-electron chi connectivity index (χ2n) is 3.67. The van der Waals surface area contributed by atoms with Gasteiger partial charge in [0.2, 0.25) is 0 Å². The zero-order valence-corrected chi connectivity index (χ0v) is 8.28. The van der Waals surface area contributed by atoms with Crippen molar-refractivity contribution in [1.29, 1.82) is 0 Å². The molecule has 0 aromatic heterocycles. The lowest BCUT2D eigenvalue weighted by molar-refractivity contribution is -0.111. The number of hydrazine groups is 1. The minimum Gasteiger partial charge on any atom is -0.314 e. The monoisotopic (exact) mass is 227 g/mol. The van der Waals surface area contributed by atoms with Crippen LogP contribution in [0.4, 0.5) is 8.78 Å². The molecule has 3 atom stereocenters. The van der Waals surface area contributed by atoms with Crippen molar-refractivity contribution in [2.75, 3.05) is 0 Å². The summed E-state index contributed by atoms with van der Waals surface area (Å²) in [6, 6.07) is 2.46. The first kappa shape index (κ1) is 11.1. The predicted molar refractivity (Wildman–Crippen MR) is 52.9 cm³/mol. The third kappa shape index (κ3) is 1.82. The lowest BCUT2D eigenvalue weighted by Gasteiger charge is -2.15. The molecule has 0 aliphatic carbocycles. The molecule has 0 amide bonds. The van der Waals surface area contributed by atoms with Gasteiger partial charge in [0.1, 0.15) is 17.9 Å². The standard InChI is InChI=1S/C10H11F2N3O/c11-5-1-2-8(12)6(3-5)9-7(4-16)10(13)15-14-9/h1-4,7,9-10,14-15H,13H2. The van der Waals surface area contributed by atoms with Crippen molar-refractivity contribution in [2.45, 2.75) is 12.2 Å². The van der Waals surface area contributed by atoms with Crippen molar-refractivity contribution >= 4 is 6.29 Å². The van der Waals surface area contributed by atoms with Crippen LogP contribution in [-0.4, -0.2) is 12.5 Å². The van der Waals surface area contributed by atoms with Gasteiger partial charge in [-0.15, -0.1) is 0 Å². The largest absolute Gasteiger partial charge is 0.314 e. The molecule has 0 saturated carbocycles. The summed E-state index contributed by atoms with van der Waals surface area (Å²) in [6.45, 7) is 0. The van der Waals surface area contributed by atoms with Gasteiger partial charge in [-0.3, -0.25) is 0 Å². The van der Waals surface area contributed by atoms with E-state index in [1.165, 1.54) is 0 Å². The number of rotatable bonds is 2. The Kier molecular flexibility index (Phi) is 2.95. The molecule has 1 heterocycles. The van der Waals surface area contributed by atoms with E-state index in [0.717, 1.165) is 18.2 Å². The number of carbonyl (C=O) groups excluding carboxylic acids is 1. The van der Waals surface area contributed by atoms with Crippen LogP contribution < -0.4 is 16.6 Å². The Morgan fingerprint density at radius 1 is 1.31 bits per heavy atom. The van der Waals surface area contributed by atoms with E-state index >= 15 is 0 Å². The molecule has 1 aliphatic heterocycles. The minimum atomic E-state index is -0.650. The predicted octanol–water partition coefficient (Wildman–Crippen LogP) is 0.214. The fourth-order valence-corrected chi connectivity index (χ4v) is 1.79. The number of aldehydes is 1. The van der Waals surface area contributed by atoms with Gasteiger partial charge in [0, 0.05) is 5.56 Å². The maximum absolute atomic E-state index is 13.5. The number of nitrogens with two attached hydrogens (primary N) is 1. The fourth-order valence-electron chi connectivity index (χ4n) is 1.79. The number of benzene rings is 1. The molecule has 1 aromatic carbocycles. The van der Waals surface area contributed by atoms with Crippen molar-refractivity contribution < 1.29 is 13.6 Å². The molecule has 0 radical (unpaired) electrons. The summed E-state index contributed by atoms with van der Waals surface area (Å²) >= 11 is 0. The van der Waals surface area contributed by atoms with Crippen LogP contribution in [0, 0.1) is 17.6 Å². The topological polar surface area (TPSA) is 67.2 Å². The van der Waals surface area contributed by atoms with Crippen molar-refractivity contribution in [3.63, 3.8) is 0 Å². The first-order valence-electron chi connectivity index (χ1n) is 4.80. The van der Waals surface area contributed by atoms with Crippen LogP contribution in [0.2, 0.25) is 0 Å². The Labute approximate surface area is 90.8 Å². The van der Waals surface area contributed by atoms with E-state index in [4.69, 9.17) is 5.73 Å². The second-order valence-corrected chi connectivity index (χ2v) is 3.67. The molecule has 16 heavy (non-hydrogen) atoms. The Balaban J connectivity index is 2.36. The molecule has 0 spiro atoms. The summed E-state index contributed by atoms with van der Waals surface area (Å²) < 4.78 is 26.5. The first-order chi connectivity index (χ1) is 7.63. The van der Waals surface area contributed by atoms with Crippen molar-refractivity contribution in [1.82, 2.24) is 10.9 Å². The third-order valence-corrected chi connectivity index (χ3v) is 2.66. The smallest absolute Gasteiger partial charge is 0.128 e. The number of hydrogen-bond acceptors (Lipinski definition) is 4. The SMILES string of the molecule is NC1NNC(c2cc(F)ccc2F)C1C=O. The van der Waals surface area contributed by atoms with Crippen LogP contribution in [0.1, 0.15) is 11.6 Å². The lowest BCUT2D eigenvalue weighted by Crippen LogP contribution is -2.39. The van der Waals surface area contributed by atoms with E-state index in [0.29, 0.717) is 6.29 Å². The lowest BCUT2D eigenvalue weighted by atomic mass is 9.94. The summed E-state index contributed by atoms with van der Waals surface area (Å²) in [5, 5.41) is 0. The van der Waals surface area contributed by atoms with Crippen molar-refractivity contribution in [2.24, 2.45) is 11.7 Å². The van der Waals surface area contributed by atoms with E-state index in [1.54, 1.807) is 0 Å². The van der Waals surface area contributed by atoms with Crippen molar-refractivity contribution in [3.8, 4) is 0 Å². The maximum atomic E-state index is 13.5. The molecule has 0 bridgehead atoms. The minimum absolute atomic E-state index is 0.0950.